The van der Waals surface area contributed by atoms with Gasteiger partial charge in [-0.2, -0.15) is 5.26 Å². The molecule has 0 spiro atoms. The molecule has 0 saturated heterocycles. The van der Waals surface area contributed by atoms with Crippen molar-refractivity contribution in [1.82, 2.24) is 4.98 Å². The molecule has 130 valence electrons. The summed E-state index contributed by atoms with van der Waals surface area (Å²) in [6.07, 6.45) is 0. The van der Waals surface area contributed by atoms with E-state index in [9.17, 15) is 9.18 Å². The number of rotatable bonds is 3. The highest BCUT2D eigenvalue weighted by molar-refractivity contribution is 6.04. The molecule has 0 saturated carbocycles. The zero-order valence-corrected chi connectivity index (χ0v) is 13.9. The Balaban J connectivity index is 1.54. The fourth-order valence-corrected chi connectivity index (χ4v) is 2.65. The first-order valence-electron chi connectivity index (χ1n) is 8.11. The highest BCUT2D eigenvalue weighted by atomic mass is 19.1. The minimum atomic E-state index is -0.656. The number of fused-ring (bicyclic) bond motifs is 1. The van der Waals surface area contributed by atoms with Gasteiger partial charge in [0.2, 0.25) is 5.89 Å². The molecular formula is C21H12FN3O2. The van der Waals surface area contributed by atoms with Gasteiger partial charge < -0.3 is 9.73 Å². The van der Waals surface area contributed by atoms with E-state index in [4.69, 9.17) is 9.68 Å². The number of nitriles is 1. The van der Waals surface area contributed by atoms with Crippen LogP contribution in [0.4, 0.5) is 10.1 Å². The number of carbonyl (C=O) groups is 1. The number of halogens is 1. The molecule has 27 heavy (non-hydrogen) atoms. The lowest BCUT2D eigenvalue weighted by molar-refractivity contribution is 0.102. The van der Waals surface area contributed by atoms with Crippen LogP contribution in [0.2, 0.25) is 0 Å². The van der Waals surface area contributed by atoms with E-state index in [0.29, 0.717) is 17.2 Å². The Labute approximate surface area is 153 Å². The van der Waals surface area contributed by atoms with Crippen LogP contribution in [-0.2, 0) is 0 Å². The zero-order valence-electron chi connectivity index (χ0n) is 13.9. The predicted octanol–water partition coefficient (Wildman–Crippen LogP) is 4.76. The normalized spacial score (nSPS) is 10.5. The lowest BCUT2D eigenvalue weighted by Crippen LogP contribution is -2.12. The lowest BCUT2D eigenvalue weighted by atomic mass is 10.1. The molecule has 1 amide bonds. The fraction of sp³-hybridized carbons (Fsp3) is 0. The van der Waals surface area contributed by atoms with Gasteiger partial charge in [0.05, 0.1) is 5.56 Å². The number of para-hydroxylation sites is 2. The minimum absolute atomic E-state index is 0.172. The van der Waals surface area contributed by atoms with Crippen molar-refractivity contribution in [3.63, 3.8) is 0 Å². The summed E-state index contributed by atoms with van der Waals surface area (Å²) in [4.78, 5) is 16.7. The summed E-state index contributed by atoms with van der Waals surface area (Å²) >= 11 is 0. The molecule has 0 aliphatic rings. The Morgan fingerprint density at radius 3 is 2.59 bits per heavy atom. The minimum Gasteiger partial charge on any atom is -0.436 e. The van der Waals surface area contributed by atoms with Gasteiger partial charge in [-0.15, -0.1) is 0 Å². The summed E-state index contributed by atoms with van der Waals surface area (Å²) in [5.74, 6) is -0.593. The van der Waals surface area contributed by atoms with Crippen molar-refractivity contribution in [2.45, 2.75) is 0 Å². The quantitative estimate of drug-likeness (QED) is 0.573. The molecule has 1 N–H and O–H groups in total. The van der Waals surface area contributed by atoms with Crippen LogP contribution < -0.4 is 5.32 Å². The van der Waals surface area contributed by atoms with Gasteiger partial charge in [-0.3, -0.25) is 4.79 Å². The monoisotopic (exact) mass is 357 g/mol. The molecule has 0 radical (unpaired) electrons. The number of carbonyl (C=O) groups excluding carboxylic acids is 1. The summed E-state index contributed by atoms with van der Waals surface area (Å²) in [5, 5.41) is 11.6. The summed E-state index contributed by atoms with van der Waals surface area (Å²) in [7, 11) is 0. The molecule has 0 atom stereocenters. The van der Waals surface area contributed by atoms with Crippen molar-refractivity contribution in [3.8, 4) is 17.5 Å². The lowest BCUT2D eigenvalue weighted by Gasteiger charge is -2.06. The summed E-state index contributed by atoms with van der Waals surface area (Å²) in [5.41, 5.74) is 2.84. The number of amides is 1. The molecule has 0 aliphatic heterocycles. The smallest absolute Gasteiger partial charge is 0.255 e. The highest BCUT2D eigenvalue weighted by Crippen LogP contribution is 2.25. The van der Waals surface area contributed by atoms with Crippen LogP contribution in [0, 0.1) is 17.1 Å². The van der Waals surface area contributed by atoms with E-state index < -0.39 is 11.7 Å². The standard InChI is InChI=1S/C21H12FN3O2/c22-17-10-7-14(11-15(17)12-23)20(26)24-16-8-5-13(6-9-16)21-25-18-3-1-2-4-19(18)27-21/h1-11H,(H,24,26). The third kappa shape index (κ3) is 3.26. The third-order valence-corrected chi connectivity index (χ3v) is 4.03. The number of oxazole rings is 1. The molecule has 4 rings (SSSR count). The van der Waals surface area contributed by atoms with E-state index in [1.165, 1.54) is 12.1 Å². The predicted molar refractivity (Wildman–Crippen MR) is 98.5 cm³/mol. The van der Waals surface area contributed by atoms with Crippen LogP contribution in [0.25, 0.3) is 22.6 Å². The van der Waals surface area contributed by atoms with E-state index in [1.54, 1.807) is 30.3 Å². The Morgan fingerprint density at radius 1 is 1.07 bits per heavy atom. The van der Waals surface area contributed by atoms with Crippen molar-refractivity contribution in [2.24, 2.45) is 0 Å². The maximum absolute atomic E-state index is 13.4. The first-order valence-corrected chi connectivity index (χ1v) is 8.11. The van der Waals surface area contributed by atoms with E-state index >= 15 is 0 Å². The number of anilines is 1. The number of aromatic nitrogens is 1. The maximum Gasteiger partial charge on any atom is 0.255 e. The molecule has 1 aromatic heterocycles. The SMILES string of the molecule is N#Cc1cc(C(=O)Nc2ccc(-c3nc4ccccc4o3)cc2)ccc1F. The summed E-state index contributed by atoms with van der Waals surface area (Å²) in [6.45, 7) is 0. The fourth-order valence-electron chi connectivity index (χ4n) is 2.65. The van der Waals surface area contributed by atoms with Crippen LogP contribution in [-0.4, -0.2) is 10.9 Å². The number of benzene rings is 3. The van der Waals surface area contributed by atoms with Crippen molar-refractivity contribution in [1.29, 1.82) is 5.26 Å². The van der Waals surface area contributed by atoms with E-state index in [1.807, 2.05) is 24.3 Å². The molecule has 0 fully saturated rings. The van der Waals surface area contributed by atoms with Crippen LogP contribution in [0.5, 0.6) is 0 Å². The van der Waals surface area contributed by atoms with Gasteiger partial charge in [-0.1, -0.05) is 12.1 Å². The van der Waals surface area contributed by atoms with Gasteiger partial charge in [0.25, 0.3) is 5.91 Å². The Kier molecular flexibility index (Phi) is 4.11. The second-order valence-electron chi connectivity index (χ2n) is 5.82. The number of hydrogen-bond donors (Lipinski definition) is 1. The van der Waals surface area contributed by atoms with Gasteiger partial charge in [-0.05, 0) is 54.6 Å². The molecule has 0 bridgehead atoms. The Hall–Kier alpha value is -3.98. The van der Waals surface area contributed by atoms with Gasteiger partial charge >= 0.3 is 0 Å². The first-order chi connectivity index (χ1) is 13.1. The van der Waals surface area contributed by atoms with Gasteiger partial charge in [-0.25, -0.2) is 9.37 Å². The Morgan fingerprint density at radius 2 is 1.85 bits per heavy atom. The number of nitrogens with zero attached hydrogens (tertiary/aromatic N) is 2. The molecule has 1 heterocycles. The molecule has 3 aromatic carbocycles. The van der Waals surface area contributed by atoms with E-state index in [0.717, 1.165) is 17.1 Å². The van der Waals surface area contributed by atoms with Crippen molar-refractivity contribution in [3.05, 3.63) is 83.7 Å². The molecule has 6 heteroatoms. The average Bonchev–Trinajstić information content (AvgIpc) is 3.13. The van der Waals surface area contributed by atoms with Crippen molar-refractivity contribution < 1.29 is 13.6 Å². The highest BCUT2D eigenvalue weighted by Gasteiger charge is 2.11. The summed E-state index contributed by atoms with van der Waals surface area (Å²) < 4.78 is 19.1. The molecule has 5 nitrogen and oxygen atoms in total. The van der Waals surface area contributed by atoms with Gasteiger partial charge in [0.15, 0.2) is 5.58 Å². The molecular weight excluding hydrogens is 345 g/mol. The van der Waals surface area contributed by atoms with Gasteiger partial charge in [0.1, 0.15) is 17.4 Å². The molecule has 0 aliphatic carbocycles. The second-order valence-corrected chi connectivity index (χ2v) is 5.82. The molecule has 0 unspecified atom stereocenters. The maximum atomic E-state index is 13.4. The number of nitrogens with one attached hydrogen (secondary N) is 1. The zero-order chi connectivity index (χ0) is 18.8. The third-order valence-electron chi connectivity index (χ3n) is 4.03. The number of hydrogen-bond acceptors (Lipinski definition) is 4. The average molecular weight is 357 g/mol. The van der Waals surface area contributed by atoms with Gasteiger partial charge in [0, 0.05) is 16.8 Å². The van der Waals surface area contributed by atoms with Crippen LogP contribution in [0.15, 0.2) is 71.1 Å². The summed E-state index contributed by atoms with van der Waals surface area (Å²) in [6, 6.07) is 19.9. The van der Waals surface area contributed by atoms with Crippen molar-refractivity contribution in [2.75, 3.05) is 5.32 Å². The van der Waals surface area contributed by atoms with Crippen LogP contribution in [0.3, 0.4) is 0 Å². The van der Waals surface area contributed by atoms with E-state index in [2.05, 4.69) is 10.3 Å². The second kappa shape index (κ2) is 6.73. The van der Waals surface area contributed by atoms with E-state index in [-0.39, 0.29) is 11.1 Å². The topological polar surface area (TPSA) is 78.9 Å². The van der Waals surface area contributed by atoms with Crippen LogP contribution in [0.1, 0.15) is 15.9 Å². The van der Waals surface area contributed by atoms with Crippen molar-refractivity contribution >= 4 is 22.7 Å². The largest absolute Gasteiger partial charge is 0.436 e. The van der Waals surface area contributed by atoms with Crippen LogP contribution >= 0.6 is 0 Å². The first kappa shape index (κ1) is 16.5. The molecule has 4 aromatic rings. The Bertz CT molecular complexity index is 1160.